The van der Waals surface area contributed by atoms with Gasteiger partial charge in [-0.25, -0.2) is 0 Å². The summed E-state index contributed by atoms with van der Waals surface area (Å²) in [6.07, 6.45) is 2.26. The first-order valence-corrected chi connectivity index (χ1v) is 10.6. The van der Waals surface area contributed by atoms with Crippen LogP contribution < -0.4 is 0 Å². The standard InChI is InChI=1S/C21H28O8/c1-9(22)25-8-21-5-4-12-17(13-6-15(19(12)28-13)26-10(2)23)18(21)14-7-16(20(21)29-14)27-11(3)24/h12-20H,4-8H2,1-3H3/t12-,13-,14-,15-,16-,17+,18+,19-,20+,21+/m1/s1. The minimum Gasteiger partial charge on any atom is -0.465 e. The van der Waals surface area contributed by atoms with Crippen molar-refractivity contribution in [1.82, 2.24) is 0 Å². The van der Waals surface area contributed by atoms with Gasteiger partial charge in [-0.3, -0.25) is 14.4 Å². The number of carbonyl (C=O) groups is 3. The Hall–Kier alpha value is -1.67. The van der Waals surface area contributed by atoms with Gasteiger partial charge in [0, 0.05) is 44.9 Å². The molecule has 5 aliphatic rings. The molecule has 0 aromatic rings. The fourth-order valence-corrected chi connectivity index (χ4v) is 7.18. The molecule has 160 valence electrons. The number of ether oxygens (including phenoxy) is 5. The summed E-state index contributed by atoms with van der Waals surface area (Å²) >= 11 is 0. The van der Waals surface area contributed by atoms with E-state index in [9.17, 15) is 14.4 Å². The summed E-state index contributed by atoms with van der Waals surface area (Å²) in [6, 6.07) is 0. The molecule has 8 nitrogen and oxygen atoms in total. The first-order chi connectivity index (χ1) is 13.8. The molecular formula is C21H28O8. The van der Waals surface area contributed by atoms with Gasteiger partial charge in [-0.15, -0.1) is 0 Å². The topological polar surface area (TPSA) is 97.4 Å². The summed E-state index contributed by atoms with van der Waals surface area (Å²) in [5, 5.41) is 0. The summed E-state index contributed by atoms with van der Waals surface area (Å²) in [5.74, 6) is -0.119. The van der Waals surface area contributed by atoms with Crippen molar-refractivity contribution in [3.05, 3.63) is 0 Å². The zero-order chi connectivity index (χ0) is 20.5. The van der Waals surface area contributed by atoms with E-state index in [1.54, 1.807) is 0 Å². The van der Waals surface area contributed by atoms with Gasteiger partial charge in [-0.2, -0.15) is 0 Å². The van der Waals surface area contributed by atoms with Crippen molar-refractivity contribution in [2.45, 2.75) is 83.1 Å². The Labute approximate surface area is 169 Å². The van der Waals surface area contributed by atoms with Crippen LogP contribution in [0.5, 0.6) is 0 Å². The van der Waals surface area contributed by atoms with Gasteiger partial charge in [0.05, 0.1) is 24.9 Å². The smallest absolute Gasteiger partial charge is 0.302 e. The quantitative estimate of drug-likeness (QED) is 0.508. The molecule has 0 aromatic carbocycles. The van der Waals surface area contributed by atoms with Crippen LogP contribution >= 0.6 is 0 Å². The van der Waals surface area contributed by atoms with E-state index in [2.05, 4.69) is 0 Å². The average molecular weight is 408 g/mol. The molecule has 5 fully saturated rings. The Morgan fingerprint density at radius 3 is 2.31 bits per heavy atom. The van der Waals surface area contributed by atoms with Crippen molar-refractivity contribution < 1.29 is 38.1 Å². The molecule has 5 rings (SSSR count). The molecule has 4 saturated heterocycles. The first-order valence-electron chi connectivity index (χ1n) is 10.6. The van der Waals surface area contributed by atoms with Gasteiger partial charge in [-0.05, 0) is 24.7 Å². The third-order valence-electron chi connectivity index (χ3n) is 7.80. The van der Waals surface area contributed by atoms with Crippen molar-refractivity contribution >= 4 is 17.9 Å². The molecule has 29 heavy (non-hydrogen) atoms. The average Bonchev–Trinajstić information content (AvgIpc) is 3.36. The van der Waals surface area contributed by atoms with Crippen molar-refractivity contribution in [3.63, 3.8) is 0 Å². The van der Waals surface area contributed by atoms with Gasteiger partial charge < -0.3 is 23.7 Å². The SMILES string of the molecule is CC(=O)OC[C@@]12CC[C@H]3[C@H]4O[C@H](C[C@H]4OC(C)=O)[C@H]3[C@@H]1[C@H]1C[C@@H](OC(C)=O)[C@@H]2O1. The molecule has 10 atom stereocenters. The molecule has 0 radical (unpaired) electrons. The Kier molecular flexibility index (Phi) is 4.44. The number of carbonyl (C=O) groups excluding carboxylic acids is 3. The predicted octanol–water partition coefficient (Wildman–Crippen LogP) is 1.38. The van der Waals surface area contributed by atoms with Gasteiger partial charge in [0.1, 0.15) is 18.3 Å². The van der Waals surface area contributed by atoms with Crippen LogP contribution in [0.3, 0.4) is 0 Å². The van der Waals surface area contributed by atoms with E-state index in [1.807, 2.05) is 0 Å². The van der Waals surface area contributed by atoms with Crippen molar-refractivity contribution in [1.29, 1.82) is 0 Å². The second-order valence-corrected chi connectivity index (χ2v) is 9.32. The molecule has 4 heterocycles. The van der Waals surface area contributed by atoms with Crippen molar-refractivity contribution in [2.24, 2.45) is 23.2 Å². The third kappa shape index (κ3) is 2.82. The van der Waals surface area contributed by atoms with Gasteiger partial charge >= 0.3 is 17.9 Å². The number of rotatable bonds is 4. The molecule has 8 heteroatoms. The van der Waals surface area contributed by atoms with Gasteiger partial charge in [-0.1, -0.05) is 0 Å². The number of hydrogen-bond donors (Lipinski definition) is 0. The normalized spacial score (nSPS) is 48.7. The summed E-state index contributed by atoms with van der Waals surface area (Å²) in [6.45, 7) is 4.55. The number of hydrogen-bond acceptors (Lipinski definition) is 8. The molecule has 1 saturated carbocycles. The highest BCUT2D eigenvalue weighted by molar-refractivity contribution is 5.67. The highest BCUT2D eigenvalue weighted by Gasteiger charge is 2.73. The second-order valence-electron chi connectivity index (χ2n) is 9.32. The second kappa shape index (κ2) is 6.67. The molecule has 4 bridgehead atoms. The van der Waals surface area contributed by atoms with E-state index in [4.69, 9.17) is 23.7 Å². The van der Waals surface area contributed by atoms with Crippen LogP contribution in [0.2, 0.25) is 0 Å². The molecule has 4 aliphatic heterocycles. The van der Waals surface area contributed by atoms with Crippen LogP contribution in [0.25, 0.3) is 0 Å². The van der Waals surface area contributed by atoms with Crippen molar-refractivity contribution in [3.8, 4) is 0 Å². The Bertz CT molecular complexity index is 736. The van der Waals surface area contributed by atoms with Gasteiger partial charge in [0.2, 0.25) is 0 Å². The summed E-state index contributed by atoms with van der Waals surface area (Å²) in [4.78, 5) is 34.7. The lowest BCUT2D eigenvalue weighted by atomic mass is 9.50. The zero-order valence-corrected chi connectivity index (χ0v) is 17.0. The van der Waals surface area contributed by atoms with E-state index < -0.39 is 0 Å². The molecule has 0 unspecified atom stereocenters. The maximum Gasteiger partial charge on any atom is 0.302 e. The van der Waals surface area contributed by atoms with E-state index in [0.29, 0.717) is 18.8 Å². The molecular weight excluding hydrogens is 380 g/mol. The van der Waals surface area contributed by atoms with E-state index in [-0.39, 0.29) is 78.4 Å². The molecule has 0 amide bonds. The minimum atomic E-state index is -0.360. The maximum atomic E-state index is 11.6. The lowest BCUT2D eigenvalue weighted by molar-refractivity contribution is -0.167. The van der Waals surface area contributed by atoms with E-state index in [0.717, 1.165) is 12.8 Å². The van der Waals surface area contributed by atoms with Gasteiger partial charge in [0.15, 0.2) is 0 Å². The summed E-state index contributed by atoms with van der Waals surface area (Å²) in [5.41, 5.74) is -0.360. The number of fused-ring (bicyclic) bond motifs is 11. The largest absolute Gasteiger partial charge is 0.465 e. The minimum absolute atomic E-state index is 0.0199. The number of esters is 3. The lowest BCUT2D eigenvalue weighted by Crippen LogP contribution is -2.59. The lowest BCUT2D eigenvalue weighted by Gasteiger charge is -2.52. The van der Waals surface area contributed by atoms with Crippen LogP contribution in [-0.2, 0) is 38.1 Å². The summed E-state index contributed by atoms with van der Waals surface area (Å²) < 4.78 is 29.3. The van der Waals surface area contributed by atoms with Crippen LogP contribution in [0.4, 0.5) is 0 Å². The molecule has 0 spiro atoms. The highest BCUT2D eigenvalue weighted by atomic mass is 16.6. The summed E-state index contributed by atoms with van der Waals surface area (Å²) in [7, 11) is 0. The highest BCUT2D eigenvalue weighted by Crippen LogP contribution is 2.67. The Morgan fingerprint density at radius 1 is 0.931 bits per heavy atom. The van der Waals surface area contributed by atoms with Crippen LogP contribution in [-0.4, -0.2) is 61.1 Å². The third-order valence-corrected chi connectivity index (χ3v) is 7.80. The van der Waals surface area contributed by atoms with E-state index in [1.165, 1.54) is 20.8 Å². The van der Waals surface area contributed by atoms with E-state index >= 15 is 0 Å². The predicted molar refractivity (Wildman–Crippen MR) is 96.4 cm³/mol. The zero-order valence-electron chi connectivity index (χ0n) is 17.0. The Balaban J connectivity index is 1.43. The maximum absolute atomic E-state index is 11.6. The van der Waals surface area contributed by atoms with Gasteiger partial charge in [0.25, 0.3) is 0 Å². The fourth-order valence-electron chi connectivity index (χ4n) is 7.18. The van der Waals surface area contributed by atoms with Crippen LogP contribution in [0.15, 0.2) is 0 Å². The van der Waals surface area contributed by atoms with Crippen LogP contribution in [0, 0.1) is 23.2 Å². The first kappa shape index (κ1) is 19.3. The monoisotopic (exact) mass is 408 g/mol. The Morgan fingerprint density at radius 2 is 1.62 bits per heavy atom. The van der Waals surface area contributed by atoms with Crippen LogP contribution in [0.1, 0.15) is 46.5 Å². The van der Waals surface area contributed by atoms with Crippen molar-refractivity contribution in [2.75, 3.05) is 6.61 Å². The molecule has 0 aromatic heterocycles. The molecule has 1 aliphatic carbocycles. The molecule has 0 N–H and O–H groups in total. The fraction of sp³-hybridized carbons (Fsp3) is 0.857.